The van der Waals surface area contributed by atoms with Crippen molar-refractivity contribution in [3.05, 3.63) is 35.9 Å². The van der Waals surface area contributed by atoms with E-state index in [1.807, 2.05) is 4.90 Å². The van der Waals surface area contributed by atoms with Gasteiger partial charge in [0.25, 0.3) is 0 Å². The van der Waals surface area contributed by atoms with E-state index < -0.39 is 0 Å². The van der Waals surface area contributed by atoms with E-state index in [4.69, 9.17) is 11.6 Å². The molecule has 1 heterocycles. The number of benzene rings is 1. The Morgan fingerprint density at radius 1 is 1.32 bits per heavy atom. The number of likely N-dealkylation sites (tertiary alicyclic amines) is 1. The molecule has 1 aliphatic heterocycles. The van der Waals surface area contributed by atoms with Crippen molar-refractivity contribution in [3.8, 4) is 0 Å². The largest absolute Gasteiger partial charge is 0.338 e. The molecule has 1 aliphatic rings. The van der Waals surface area contributed by atoms with Gasteiger partial charge in [0.1, 0.15) is 5.88 Å². The first-order chi connectivity index (χ1) is 10.6. The molecule has 1 amide bonds. The molecular weight excluding hydrogens is 296 g/mol. The summed E-state index contributed by atoms with van der Waals surface area (Å²) < 4.78 is 0. The Kier molecular flexibility index (Phi) is 6.71. The van der Waals surface area contributed by atoms with E-state index in [1.54, 1.807) is 0 Å². The molecule has 1 aromatic rings. The second kappa shape index (κ2) is 8.54. The standard InChI is InChI=1S/C18H27ClN2O/c1-15(2)21(18(22)12-19)14-17-10-6-7-11-20(17)13-16-8-4-3-5-9-16/h3-5,8-9,15,17H,6-7,10-14H2,1-2H3/t17-/m0/s1. The summed E-state index contributed by atoms with van der Waals surface area (Å²) in [6.07, 6.45) is 3.65. The minimum absolute atomic E-state index is 0.0434. The maximum Gasteiger partial charge on any atom is 0.237 e. The van der Waals surface area contributed by atoms with E-state index in [0.717, 1.165) is 26.1 Å². The fraction of sp³-hybridized carbons (Fsp3) is 0.611. The summed E-state index contributed by atoms with van der Waals surface area (Å²) in [5.74, 6) is 0.116. The van der Waals surface area contributed by atoms with Crippen LogP contribution < -0.4 is 0 Å². The molecule has 1 fully saturated rings. The van der Waals surface area contributed by atoms with Crippen LogP contribution in [0.1, 0.15) is 38.7 Å². The average molecular weight is 323 g/mol. The van der Waals surface area contributed by atoms with Crippen LogP contribution in [-0.4, -0.2) is 46.8 Å². The number of carbonyl (C=O) groups excluding carboxylic acids is 1. The van der Waals surface area contributed by atoms with Crippen molar-refractivity contribution in [1.29, 1.82) is 0 Å². The number of hydrogen-bond acceptors (Lipinski definition) is 2. The lowest BCUT2D eigenvalue weighted by molar-refractivity contribution is -0.131. The normalized spacial score (nSPS) is 19.4. The summed E-state index contributed by atoms with van der Waals surface area (Å²) in [7, 11) is 0. The number of halogens is 1. The molecule has 122 valence electrons. The van der Waals surface area contributed by atoms with Gasteiger partial charge in [0.05, 0.1) is 0 Å². The topological polar surface area (TPSA) is 23.6 Å². The lowest BCUT2D eigenvalue weighted by atomic mass is 10.00. The molecule has 2 rings (SSSR count). The molecule has 1 atom stereocenters. The van der Waals surface area contributed by atoms with Crippen LogP contribution in [0.15, 0.2) is 30.3 Å². The van der Waals surface area contributed by atoms with Crippen LogP contribution in [0.3, 0.4) is 0 Å². The Labute approximate surface area is 139 Å². The first-order valence-electron chi connectivity index (χ1n) is 8.25. The van der Waals surface area contributed by atoms with Crippen molar-refractivity contribution in [2.45, 2.75) is 51.7 Å². The first kappa shape index (κ1) is 17.3. The molecule has 0 radical (unpaired) electrons. The van der Waals surface area contributed by atoms with Gasteiger partial charge in [0.2, 0.25) is 5.91 Å². The van der Waals surface area contributed by atoms with Crippen LogP contribution in [0.2, 0.25) is 0 Å². The molecular formula is C18H27ClN2O. The average Bonchev–Trinajstić information content (AvgIpc) is 2.54. The highest BCUT2D eigenvalue weighted by atomic mass is 35.5. The molecule has 0 saturated carbocycles. The van der Waals surface area contributed by atoms with Crippen molar-refractivity contribution in [3.63, 3.8) is 0 Å². The van der Waals surface area contributed by atoms with Crippen molar-refractivity contribution >= 4 is 17.5 Å². The molecule has 0 aromatic heterocycles. The Hall–Kier alpha value is -1.06. The third-order valence-electron chi connectivity index (χ3n) is 4.44. The number of hydrogen-bond donors (Lipinski definition) is 0. The number of nitrogens with zero attached hydrogens (tertiary/aromatic N) is 2. The Morgan fingerprint density at radius 2 is 2.05 bits per heavy atom. The predicted octanol–water partition coefficient (Wildman–Crippen LogP) is 3.52. The lowest BCUT2D eigenvalue weighted by Gasteiger charge is -2.40. The quantitative estimate of drug-likeness (QED) is 0.748. The highest BCUT2D eigenvalue weighted by Crippen LogP contribution is 2.21. The van der Waals surface area contributed by atoms with Gasteiger partial charge >= 0.3 is 0 Å². The molecule has 0 aliphatic carbocycles. The maximum atomic E-state index is 12.1. The van der Waals surface area contributed by atoms with Gasteiger partial charge in [-0.1, -0.05) is 36.8 Å². The smallest absolute Gasteiger partial charge is 0.237 e. The van der Waals surface area contributed by atoms with E-state index in [1.165, 1.54) is 18.4 Å². The summed E-state index contributed by atoms with van der Waals surface area (Å²) >= 11 is 5.77. The number of piperidine rings is 1. The minimum Gasteiger partial charge on any atom is -0.338 e. The van der Waals surface area contributed by atoms with Gasteiger partial charge in [0, 0.05) is 25.2 Å². The summed E-state index contributed by atoms with van der Waals surface area (Å²) in [4.78, 5) is 16.5. The number of amides is 1. The minimum atomic E-state index is 0.0434. The highest BCUT2D eigenvalue weighted by Gasteiger charge is 2.27. The molecule has 0 spiro atoms. The molecule has 4 heteroatoms. The molecule has 1 aromatic carbocycles. The monoisotopic (exact) mass is 322 g/mol. The van der Waals surface area contributed by atoms with E-state index in [-0.39, 0.29) is 17.8 Å². The third-order valence-corrected chi connectivity index (χ3v) is 4.67. The molecule has 22 heavy (non-hydrogen) atoms. The highest BCUT2D eigenvalue weighted by molar-refractivity contribution is 6.27. The Bertz CT molecular complexity index is 463. The first-order valence-corrected chi connectivity index (χ1v) is 8.78. The zero-order valence-electron chi connectivity index (χ0n) is 13.7. The fourth-order valence-corrected chi connectivity index (χ4v) is 3.35. The predicted molar refractivity (Wildman–Crippen MR) is 92.1 cm³/mol. The van der Waals surface area contributed by atoms with Crippen LogP contribution in [-0.2, 0) is 11.3 Å². The van der Waals surface area contributed by atoms with Crippen LogP contribution in [0.5, 0.6) is 0 Å². The molecule has 3 nitrogen and oxygen atoms in total. The van der Waals surface area contributed by atoms with E-state index in [9.17, 15) is 4.79 Å². The molecule has 1 saturated heterocycles. The maximum absolute atomic E-state index is 12.1. The number of rotatable bonds is 6. The van der Waals surface area contributed by atoms with E-state index >= 15 is 0 Å². The molecule has 0 bridgehead atoms. The summed E-state index contributed by atoms with van der Waals surface area (Å²) in [6.45, 7) is 6.99. The van der Waals surface area contributed by atoms with Gasteiger partial charge < -0.3 is 4.90 Å². The lowest BCUT2D eigenvalue weighted by Crippen LogP contribution is -2.50. The molecule has 0 unspecified atom stereocenters. The number of alkyl halides is 1. The Balaban J connectivity index is 2.04. The van der Waals surface area contributed by atoms with Crippen molar-refractivity contribution in [2.24, 2.45) is 0 Å². The van der Waals surface area contributed by atoms with Gasteiger partial charge in [0.15, 0.2) is 0 Å². The molecule has 0 N–H and O–H groups in total. The van der Waals surface area contributed by atoms with Crippen LogP contribution in [0, 0.1) is 0 Å². The Morgan fingerprint density at radius 3 is 2.68 bits per heavy atom. The summed E-state index contributed by atoms with van der Waals surface area (Å²) in [6, 6.07) is 11.2. The zero-order chi connectivity index (χ0) is 15.9. The van der Waals surface area contributed by atoms with Crippen LogP contribution in [0.4, 0.5) is 0 Å². The summed E-state index contributed by atoms with van der Waals surface area (Å²) in [5.41, 5.74) is 1.34. The van der Waals surface area contributed by atoms with Gasteiger partial charge in [-0.3, -0.25) is 9.69 Å². The SMILES string of the molecule is CC(C)N(C[C@@H]1CCCCN1Cc1ccccc1)C(=O)CCl. The van der Waals surface area contributed by atoms with Crippen LogP contribution >= 0.6 is 11.6 Å². The van der Waals surface area contributed by atoms with Crippen molar-refractivity contribution in [2.75, 3.05) is 19.0 Å². The fourth-order valence-electron chi connectivity index (χ4n) is 3.20. The second-order valence-electron chi connectivity index (χ2n) is 6.38. The van der Waals surface area contributed by atoms with Crippen molar-refractivity contribution < 1.29 is 4.79 Å². The van der Waals surface area contributed by atoms with Crippen LogP contribution in [0.25, 0.3) is 0 Å². The third kappa shape index (κ3) is 4.72. The zero-order valence-corrected chi connectivity index (χ0v) is 14.4. The van der Waals surface area contributed by atoms with E-state index in [0.29, 0.717) is 6.04 Å². The van der Waals surface area contributed by atoms with Crippen molar-refractivity contribution in [1.82, 2.24) is 9.80 Å². The van der Waals surface area contributed by atoms with Gasteiger partial charge in [-0.2, -0.15) is 0 Å². The van der Waals surface area contributed by atoms with Gasteiger partial charge in [-0.05, 0) is 38.8 Å². The number of carbonyl (C=O) groups is 1. The summed E-state index contributed by atoms with van der Waals surface area (Å²) in [5, 5.41) is 0. The van der Waals surface area contributed by atoms with E-state index in [2.05, 4.69) is 49.1 Å². The van der Waals surface area contributed by atoms with Gasteiger partial charge in [-0.25, -0.2) is 0 Å². The second-order valence-corrected chi connectivity index (χ2v) is 6.65. The van der Waals surface area contributed by atoms with Gasteiger partial charge in [-0.15, -0.1) is 11.6 Å².